The first kappa shape index (κ1) is 22.7. The van der Waals surface area contributed by atoms with Gasteiger partial charge in [0.1, 0.15) is 42.3 Å². The lowest BCUT2D eigenvalue weighted by molar-refractivity contribution is -0.132. The normalized spacial score (nSPS) is 18.6. The zero-order valence-electron chi connectivity index (χ0n) is 18.7. The number of aliphatic hydroxyl groups excluding tert-OH is 1. The minimum atomic E-state index is -1.06. The van der Waals surface area contributed by atoms with Crippen LogP contribution >= 0.6 is 11.6 Å². The standard InChI is InChI=1S/C25H20ClNO8/c1-31-18-12-19(32-2)15(26)11-14(18)23(28)21-22(17-4-3-7-33-17)27(25(30)24(21)29)13-5-6-16-20(10-13)35-9-8-34-16/h3-7,10-12,22,28H,8-9H2,1-2H3/b23-21-. The smallest absolute Gasteiger partial charge is 0.300 e. The number of hydrogen-bond donors (Lipinski definition) is 1. The number of carbonyl (C=O) groups excluding carboxylic acids is 2. The molecule has 1 aromatic heterocycles. The summed E-state index contributed by atoms with van der Waals surface area (Å²) in [5.74, 6) is -0.436. The molecule has 3 aromatic rings. The summed E-state index contributed by atoms with van der Waals surface area (Å²) in [7, 11) is 2.84. The first-order chi connectivity index (χ1) is 16.9. The van der Waals surface area contributed by atoms with Gasteiger partial charge in [0.05, 0.1) is 36.6 Å². The van der Waals surface area contributed by atoms with Gasteiger partial charge in [-0.25, -0.2) is 0 Å². The molecule has 3 heterocycles. The number of nitrogens with zero attached hydrogens (tertiary/aromatic N) is 1. The average Bonchev–Trinajstić information content (AvgIpc) is 3.50. The molecule has 1 saturated heterocycles. The molecule has 2 aliphatic heterocycles. The van der Waals surface area contributed by atoms with Crippen LogP contribution in [0.25, 0.3) is 5.76 Å². The van der Waals surface area contributed by atoms with Crippen molar-refractivity contribution in [1.82, 2.24) is 0 Å². The van der Waals surface area contributed by atoms with Crippen LogP contribution in [0.2, 0.25) is 5.02 Å². The summed E-state index contributed by atoms with van der Waals surface area (Å²) in [5, 5.41) is 11.5. The number of aliphatic hydroxyl groups is 1. The highest BCUT2D eigenvalue weighted by atomic mass is 35.5. The Kier molecular flexibility index (Phi) is 5.78. The third kappa shape index (κ3) is 3.74. The van der Waals surface area contributed by atoms with E-state index in [0.29, 0.717) is 36.1 Å². The number of amides is 1. The molecule has 2 aliphatic rings. The van der Waals surface area contributed by atoms with Crippen molar-refractivity contribution in [2.24, 2.45) is 0 Å². The molecule has 1 atom stereocenters. The molecule has 2 aromatic carbocycles. The van der Waals surface area contributed by atoms with Gasteiger partial charge in [0.2, 0.25) is 0 Å². The van der Waals surface area contributed by atoms with Crippen molar-refractivity contribution in [1.29, 1.82) is 0 Å². The summed E-state index contributed by atoms with van der Waals surface area (Å²) in [6, 6.07) is 9.99. The number of methoxy groups -OCH3 is 2. The van der Waals surface area contributed by atoms with Crippen molar-refractivity contribution >= 4 is 34.7 Å². The molecule has 180 valence electrons. The molecule has 0 aliphatic carbocycles. The lowest BCUT2D eigenvalue weighted by Crippen LogP contribution is -2.29. The first-order valence-electron chi connectivity index (χ1n) is 10.6. The highest BCUT2D eigenvalue weighted by molar-refractivity contribution is 6.51. The molecule has 0 saturated carbocycles. The maximum Gasteiger partial charge on any atom is 0.300 e. The Morgan fingerprint density at radius 2 is 1.77 bits per heavy atom. The Morgan fingerprint density at radius 1 is 1.03 bits per heavy atom. The number of ether oxygens (including phenoxy) is 4. The van der Waals surface area contributed by atoms with Crippen LogP contribution in [0.3, 0.4) is 0 Å². The van der Waals surface area contributed by atoms with Gasteiger partial charge in [-0.05, 0) is 30.3 Å². The van der Waals surface area contributed by atoms with Gasteiger partial charge in [-0.2, -0.15) is 0 Å². The number of ketones is 1. The number of benzene rings is 2. The van der Waals surface area contributed by atoms with Gasteiger partial charge in [0, 0.05) is 17.8 Å². The van der Waals surface area contributed by atoms with Crippen molar-refractivity contribution in [3.63, 3.8) is 0 Å². The van der Waals surface area contributed by atoms with Crippen LogP contribution in [0.15, 0.2) is 58.7 Å². The van der Waals surface area contributed by atoms with Crippen LogP contribution in [0.5, 0.6) is 23.0 Å². The van der Waals surface area contributed by atoms with Crippen molar-refractivity contribution in [3.8, 4) is 23.0 Å². The van der Waals surface area contributed by atoms with Crippen molar-refractivity contribution in [3.05, 3.63) is 70.6 Å². The first-order valence-corrected chi connectivity index (χ1v) is 11.0. The number of furan rings is 1. The minimum Gasteiger partial charge on any atom is -0.507 e. The number of rotatable bonds is 5. The van der Waals surface area contributed by atoms with E-state index in [4.69, 9.17) is 35.0 Å². The van der Waals surface area contributed by atoms with E-state index in [2.05, 4.69) is 0 Å². The van der Waals surface area contributed by atoms with E-state index in [1.807, 2.05) is 0 Å². The Bertz CT molecular complexity index is 1350. The third-order valence-electron chi connectivity index (χ3n) is 5.79. The molecular weight excluding hydrogens is 478 g/mol. The second kappa shape index (κ2) is 8.92. The number of hydrogen-bond acceptors (Lipinski definition) is 8. The van der Waals surface area contributed by atoms with Crippen LogP contribution in [0.4, 0.5) is 5.69 Å². The van der Waals surface area contributed by atoms with Crippen LogP contribution in [-0.2, 0) is 9.59 Å². The molecule has 1 amide bonds. The fraction of sp³-hybridized carbons (Fsp3) is 0.200. The predicted molar refractivity (Wildman–Crippen MR) is 125 cm³/mol. The SMILES string of the molecule is COc1cc(OC)c(/C(O)=C2/C(=O)C(=O)N(c3ccc4c(c3)OCCO4)C2c2ccco2)cc1Cl. The van der Waals surface area contributed by atoms with E-state index in [9.17, 15) is 14.7 Å². The Balaban J connectivity index is 1.70. The van der Waals surface area contributed by atoms with Gasteiger partial charge in [-0.1, -0.05) is 11.6 Å². The summed E-state index contributed by atoms with van der Waals surface area (Å²) < 4.78 is 27.4. The highest BCUT2D eigenvalue weighted by Gasteiger charge is 2.48. The Labute approximate surface area is 205 Å². The Morgan fingerprint density at radius 3 is 2.46 bits per heavy atom. The van der Waals surface area contributed by atoms with Gasteiger partial charge in [0.25, 0.3) is 11.7 Å². The number of anilines is 1. The molecule has 35 heavy (non-hydrogen) atoms. The van der Waals surface area contributed by atoms with Crippen LogP contribution in [0.1, 0.15) is 17.4 Å². The second-order valence-electron chi connectivity index (χ2n) is 7.70. The average molecular weight is 498 g/mol. The van der Waals surface area contributed by atoms with E-state index in [1.165, 1.54) is 37.5 Å². The molecule has 10 heteroatoms. The molecule has 0 spiro atoms. The number of Topliss-reactive ketones (excluding diaryl/α,β-unsaturated/α-hetero) is 1. The zero-order valence-corrected chi connectivity index (χ0v) is 19.5. The minimum absolute atomic E-state index is 0.120. The topological polar surface area (TPSA) is 108 Å². The van der Waals surface area contributed by atoms with E-state index < -0.39 is 23.5 Å². The van der Waals surface area contributed by atoms with Gasteiger partial charge in [0.15, 0.2) is 11.5 Å². The fourth-order valence-electron chi connectivity index (χ4n) is 4.19. The molecule has 0 bridgehead atoms. The van der Waals surface area contributed by atoms with E-state index >= 15 is 0 Å². The lowest BCUT2D eigenvalue weighted by atomic mass is 9.98. The fourth-order valence-corrected chi connectivity index (χ4v) is 4.43. The summed E-state index contributed by atoms with van der Waals surface area (Å²) in [6.45, 7) is 0.768. The summed E-state index contributed by atoms with van der Waals surface area (Å²) in [6.07, 6.45) is 1.42. The predicted octanol–water partition coefficient (Wildman–Crippen LogP) is 4.35. The second-order valence-corrected chi connectivity index (χ2v) is 8.11. The summed E-state index contributed by atoms with van der Waals surface area (Å²) >= 11 is 6.28. The Hall–Kier alpha value is -4.11. The maximum atomic E-state index is 13.3. The molecular formula is C25H20ClNO8. The van der Waals surface area contributed by atoms with Crippen molar-refractivity contribution < 1.29 is 38.1 Å². The molecule has 9 nitrogen and oxygen atoms in total. The van der Waals surface area contributed by atoms with Gasteiger partial charge in [-0.15, -0.1) is 0 Å². The van der Waals surface area contributed by atoms with Crippen LogP contribution < -0.4 is 23.8 Å². The quantitative estimate of drug-likeness (QED) is 0.315. The maximum absolute atomic E-state index is 13.3. The van der Waals surface area contributed by atoms with Gasteiger partial charge >= 0.3 is 0 Å². The van der Waals surface area contributed by atoms with Gasteiger partial charge in [-0.3, -0.25) is 14.5 Å². The number of carbonyl (C=O) groups is 2. The van der Waals surface area contributed by atoms with Gasteiger partial charge < -0.3 is 28.5 Å². The zero-order chi connectivity index (χ0) is 24.7. The number of halogens is 1. The van der Waals surface area contributed by atoms with E-state index in [1.54, 1.807) is 30.3 Å². The molecule has 1 N–H and O–H groups in total. The molecule has 1 unspecified atom stereocenters. The summed E-state index contributed by atoms with van der Waals surface area (Å²) in [5.41, 5.74) is 0.311. The molecule has 1 fully saturated rings. The lowest BCUT2D eigenvalue weighted by Gasteiger charge is -2.25. The van der Waals surface area contributed by atoms with E-state index in [0.717, 1.165) is 0 Å². The number of fused-ring (bicyclic) bond motifs is 1. The van der Waals surface area contributed by atoms with Crippen LogP contribution in [0, 0.1) is 0 Å². The third-order valence-corrected chi connectivity index (χ3v) is 6.09. The van der Waals surface area contributed by atoms with Crippen LogP contribution in [-0.4, -0.2) is 44.2 Å². The highest BCUT2D eigenvalue weighted by Crippen LogP contribution is 2.46. The molecule has 0 radical (unpaired) electrons. The largest absolute Gasteiger partial charge is 0.507 e. The molecule has 5 rings (SSSR count). The van der Waals surface area contributed by atoms with Crippen molar-refractivity contribution in [2.45, 2.75) is 6.04 Å². The monoisotopic (exact) mass is 497 g/mol. The van der Waals surface area contributed by atoms with Crippen molar-refractivity contribution in [2.75, 3.05) is 32.3 Å². The van der Waals surface area contributed by atoms with E-state index in [-0.39, 0.29) is 27.7 Å². The summed E-state index contributed by atoms with van der Waals surface area (Å²) in [4.78, 5) is 27.8.